The number of hydrogen-bond donors (Lipinski definition) is 0. The topological polar surface area (TPSA) is 29.5 Å². The first-order valence-electron chi connectivity index (χ1n) is 7.61. The molecule has 1 aliphatic rings. The Hall–Kier alpha value is -0.870. The summed E-state index contributed by atoms with van der Waals surface area (Å²) < 4.78 is 6.83. The maximum Gasteiger partial charge on any atom is 0.133 e. The largest absolute Gasteiger partial charge is 0.494 e. The lowest BCUT2D eigenvalue weighted by Crippen LogP contribution is -2.44. The molecule has 1 aliphatic carbocycles. The summed E-state index contributed by atoms with van der Waals surface area (Å²) in [6.07, 6.45) is 4.08. The minimum atomic E-state index is -0.0674. The predicted octanol–water partition coefficient (Wildman–Crippen LogP) is 4.14. The van der Waals surface area contributed by atoms with E-state index in [4.69, 9.17) is 4.74 Å². The molecule has 21 heavy (non-hydrogen) atoms. The van der Waals surface area contributed by atoms with Gasteiger partial charge < -0.3 is 4.74 Å². The van der Waals surface area contributed by atoms with Crippen LogP contribution in [0.2, 0.25) is 0 Å². The van der Waals surface area contributed by atoms with Crippen LogP contribution in [0.1, 0.15) is 44.6 Å². The maximum atomic E-state index is 11.6. The monoisotopic (exact) mass is 353 g/mol. The zero-order chi connectivity index (χ0) is 15.5. The molecule has 2 rings (SSSR count). The Morgan fingerprint density at radius 3 is 2.48 bits per heavy atom. The molecule has 0 amide bonds. The molecular weight excluding hydrogens is 330 g/mol. The second kappa shape index (κ2) is 6.93. The molecule has 0 bridgehead atoms. The van der Waals surface area contributed by atoms with Crippen molar-refractivity contribution >= 4 is 21.7 Å². The summed E-state index contributed by atoms with van der Waals surface area (Å²) >= 11 is 3.59. The van der Waals surface area contributed by atoms with Crippen LogP contribution < -0.4 is 4.74 Å². The number of halogens is 1. The molecule has 0 atom stereocenters. The molecule has 0 saturated heterocycles. The lowest BCUT2D eigenvalue weighted by atomic mass is 9.75. The summed E-state index contributed by atoms with van der Waals surface area (Å²) in [4.78, 5) is 13.9. The average Bonchev–Trinajstić information content (AvgIpc) is 2.45. The number of ether oxygens (including phenoxy) is 1. The highest BCUT2D eigenvalue weighted by Crippen LogP contribution is 2.42. The zero-order valence-corrected chi connectivity index (χ0v) is 14.7. The highest BCUT2D eigenvalue weighted by molar-refractivity contribution is 9.10. The van der Waals surface area contributed by atoms with Crippen LogP contribution in [0.5, 0.6) is 5.75 Å². The molecule has 0 spiro atoms. The molecular formula is C17H24BrNO2. The molecule has 4 heteroatoms. The molecule has 0 N–H and O–H groups in total. The van der Waals surface area contributed by atoms with Gasteiger partial charge in [-0.1, -0.05) is 22.9 Å². The average molecular weight is 354 g/mol. The van der Waals surface area contributed by atoms with Gasteiger partial charge in [0.25, 0.3) is 0 Å². The van der Waals surface area contributed by atoms with Crippen molar-refractivity contribution < 1.29 is 9.53 Å². The van der Waals surface area contributed by atoms with E-state index in [1.54, 1.807) is 0 Å². The third-order valence-electron chi connectivity index (χ3n) is 4.37. The van der Waals surface area contributed by atoms with Crippen molar-refractivity contribution in [2.24, 2.45) is 0 Å². The standard InChI is InChI=1S/C17H24BrNO2/c1-4-9-21-16-11-13(10-14(18)12-16)17(19(2)3)7-5-15(20)6-8-17/h10-12H,4-9H2,1-3H3. The van der Waals surface area contributed by atoms with Gasteiger partial charge in [-0.2, -0.15) is 0 Å². The van der Waals surface area contributed by atoms with E-state index in [0.717, 1.165) is 36.1 Å². The number of carbonyl (C=O) groups is 1. The van der Waals surface area contributed by atoms with Gasteiger partial charge in [-0.3, -0.25) is 9.69 Å². The summed E-state index contributed by atoms with van der Waals surface area (Å²) in [5, 5.41) is 0. The van der Waals surface area contributed by atoms with E-state index in [-0.39, 0.29) is 5.54 Å². The Bertz CT molecular complexity index is 504. The summed E-state index contributed by atoms with van der Waals surface area (Å²) in [5.74, 6) is 1.28. The minimum Gasteiger partial charge on any atom is -0.494 e. The number of hydrogen-bond acceptors (Lipinski definition) is 3. The zero-order valence-electron chi connectivity index (χ0n) is 13.1. The van der Waals surface area contributed by atoms with Crippen molar-refractivity contribution in [2.75, 3.05) is 20.7 Å². The Labute approximate surface area is 135 Å². The number of benzene rings is 1. The van der Waals surface area contributed by atoms with E-state index >= 15 is 0 Å². The maximum absolute atomic E-state index is 11.6. The molecule has 1 fully saturated rings. The van der Waals surface area contributed by atoms with Crippen molar-refractivity contribution in [3.8, 4) is 5.75 Å². The molecule has 1 aromatic carbocycles. The van der Waals surface area contributed by atoms with Crippen LogP contribution in [0.3, 0.4) is 0 Å². The van der Waals surface area contributed by atoms with E-state index in [2.05, 4.69) is 54.0 Å². The van der Waals surface area contributed by atoms with Gasteiger partial charge in [-0.05, 0) is 57.1 Å². The van der Waals surface area contributed by atoms with E-state index in [9.17, 15) is 4.79 Å². The van der Waals surface area contributed by atoms with Crippen molar-refractivity contribution in [2.45, 2.75) is 44.6 Å². The number of carbonyl (C=O) groups excluding carboxylic acids is 1. The molecule has 0 aromatic heterocycles. The Balaban J connectivity index is 2.36. The lowest BCUT2D eigenvalue weighted by molar-refractivity contribution is -0.122. The normalized spacial score (nSPS) is 18.0. The first kappa shape index (κ1) is 16.5. The molecule has 1 aromatic rings. The fourth-order valence-electron chi connectivity index (χ4n) is 3.07. The molecule has 0 unspecified atom stereocenters. The quantitative estimate of drug-likeness (QED) is 0.796. The lowest BCUT2D eigenvalue weighted by Gasteiger charge is -2.43. The Morgan fingerprint density at radius 2 is 1.90 bits per heavy atom. The first-order valence-corrected chi connectivity index (χ1v) is 8.40. The SMILES string of the molecule is CCCOc1cc(Br)cc(C2(N(C)C)CCC(=O)CC2)c1. The van der Waals surface area contributed by atoms with Gasteiger partial charge in [0.05, 0.1) is 6.61 Å². The second-order valence-electron chi connectivity index (χ2n) is 5.99. The third-order valence-corrected chi connectivity index (χ3v) is 4.83. The number of Topliss-reactive ketones (excluding diaryl/α,β-unsaturated/α-hetero) is 1. The predicted molar refractivity (Wildman–Crippen MR) is 88.8 cm³/mol. The van der Waals surface area contributed by atoms with Crippen LogP contribution in [0.15, 0.2) is 22.7 Å². The van der Waals surface area contributed by atoms with Crippen LogP contribution in [-0.4, -0.2) is 31.4 Å². The highest BCUT2D eigenvalue weighted by Gasteiger charge is 2.38. The van der Waals surface area contributed by atoms with Gasteiger partial charge >= 0.3 is 0 Å². The fourth-order valence-corrected chi connectivity index (χ4v) is 3.54. The number of ketones is 1. The van der Waals surface area contributed by atoms with Crippen molar-refractivity contribution in [3.63, 3.8) is 0 Å². The summed E-state index contributed by atoms with van der Waals surface area (Å²) in [5.41, 5.74) is 1.17. The first-order chi connectivity index (χ1) is 9.98. The van der Waals surface area contributed by atoms with E-state index in [1.807, 2.05) is 6.07 Å². The van der Waals surface area contributed by atoms with Gasteiger partial charge in [0.1, 0.15) is 11.5 Å². The molecule has 0 radical (unpaired) electrons. The van der Waals surface area contributed by atoms with Gasteiger partial charge in [0.2, 0.25) is 0 Å². The number of nitrogens with zero attached hydrogens (tertiary/aromatic N) is 1. The highest BCUT2D eigenvalue weighted by atomic mass is 79.9. The van der Waals surface area contributed by atoms with Gasteiger partial charge in [0.15, 0.2) is 0 Å². The smallest absolute Gasteiger partial charge is 0.133 e. The minimum absolute atomic E-state index is 0.0674. The van der Waals surface area contributed by atoms with Crippen molar-refractivity contribution in [1.29, 1.82) is 0 Å². The molecule has 0 aliphatic heterocycles. The number of rotatable bonds is 5. The van der Waals surface area contributed by atoms with Gasteiger partial charge in [0, 0.05) is 22.9 Å². The summed E-state index contributed by atoms with van der Waals surface area (Å²) in [6, 6.07) is 6.31. The van der Waals surface area contributed by atoms with Crippen molar-refractivity contribution in [3.05, 3.63) is 28.2 Å². The second-order valence-corrected chi connectivity index (χ2v) is 6.90. The van der Waals surface area contributed by atoms with Gasteiger partial charge in [-0.25, -0.2) is 0 Å². The fraction of sp³-hybridized carbons (Fsp3) is 0.588. The van der Waals surface area contributed by atoms with E-state index < -0.39 is 0 Å². The van der Waals surface area contributed by atoms with Crippen LogP contribution >= 0.6 is 15.9 Å². The van der Waals surface area contributed by atoms with Gasteiger partial charge in [-0.15, -0.1) is 0 Å². The van der Waals surface area contributed by atoms with E-state index in [0.29, 0.717) is 18.6 Å². The summed E-state index contributed by atoms with van der Waals surface area (Å²) in [7, 11) is 4.20. The summed E-state index contributed by atoms with van der Waals surface area (Å²) in [6.45, 7) is 2.83. The van der Waals surface area contributed by atoms with Crippen LogP contribution in [0.25, 0.3) is 0 Å². The molecule has 3 nitrogen and oxygen atoms in total. The Kier molecular flexibility index (Phi) is 5.44. The molecule has 116 valence electrons. The van der Waals surface area contributed by atoms with Crippen molar-refractivity contribution in [1.82, 2.24) is 4.90 Å². The molecule has 1 saturated carbocycles. The van der Waals surface area contributed by atoms with Crippen LogP contribution in [0, 0.1) is 0 Å². The van der Waals surface area contributed by atoms with Crippen LogP contribution in [0.4, 0.5) is 0 Å². The van der Waals surface area contributed by atoms with Crippen LogP contribution in [-0.2, 0) is 10.3 Å². The third kappa shape index (κ3) is 3.67. The Morgan fingerprint density at radius 1 is 1.24 bits per heavy atom. The molecule has 0 heterocycles. The van der Waals surface area contributed by atoms with E-state index in [1.165, 1.54) is 5.56 Å².